The fraction of sp³-hybridized carbons (Fsp3) is 0.933. The van der Waals surface area contributed by atoms with E-state index < -0.39 is 6.10 Å². The Balaban J connectivity index is 3.30. The zero-order valence-electron chi connectivity index (χ0n) is 44.3. The fourth-order valence-corrected chi connectivity index (χ4v) is 9.32. The SMILES string of the molecule is CCCCCCCCCC/C=C\CCCCCCCCCCCCCCCCCCCCCCCCCCCCCCCC(=O)OC(CO)COC(=O)CCCCCCCCCCCC. The molecule has 1 unspecified atom stereocenters. The normalized spacial score (nSPS) is 12.1. The lowest BCUT2D eigenvalue weighted by molar-refractivity contribution is -0.161. The molecule has 0 saturated carbocycles. The third-order valence-electron chi connectivity index (χ3n) is 13.8. The summed E-state index contributed by atoms with van der Waals surface area (Å²) in [6.07, 6.45) is 71.0. The molecule has 0 aromatic carbocycles. The number of rotatable bonds is 56. The second-order valence-corrected chi connectivity index (χ2v) is 20.4. The van der Waals surface area contributed by atoms with Crippen LogP contribution >= 0.6 is 0 Å². The van der Waals surface area contributed by atoms with Crippen molar-refractivity contribution in [3.63, 3.8) is 0 Å². The van der Waals surface area contributed by atoms with Crippen LogP contribution < -0.4 is 0 Å². The predicted octanol–water partition coefficient (Wildman–Crippen LogP) is 19.9. The zero-order valence-corrected chi connectivity index (χ0v) is 44.3. The van der Waals surface area contributed by atoms with Crippen LogP contribution in [0.4, 0.5) is 0 Å². The highest BCUT2D eigenvalue weighted by Gasteiger charge is 2.16. The van der Waals surface area contributed by atoms with E-state index >= 15 is 0 Å². The molecule has 0 aromatic rings. The van der Waals surface area contributed by atoms with Crippen LogP contribution in [0.1, 0.15) is 341 Å². The number of allylic oxidation sites excluding steroid dienone is 2. The standard InChI is InChI=1S/C60H116O5/c1-3-5-7-9-11-13-15-16-17-18-19-20-21-22-23-24-25-26-27-28-29-30-31-32-33-34-35-36-37-38-39-40-41-42-43-44-45-47-49-51-53-55-60(63)65-58(56-61)57-64-59(62)54-52-50-48-46-14-12-10-8-6-4-2/h18-19,58,61H,3-17,20-57H2,1-2H3/b19-18-. The molecule has 0 aromatic heterocycles. The molecule has 0 fully saturated rings. The maximum atomic E-state index is 12.2. The summed E-state index contributed by atoms with van der Waals surface area (Å²) in [5.74, 6) is -0.573. The van der Waals surface area contributed by atoms with Gasteiger partial charge in [0.2, 0.25) is 0 Å². The molecule has 1 N–H and O–H groups in total. The molecule has 0 amide bonds. The van der Waals surface area contributed by atoms with Crippen LogP contribution in [0.25, 0.3) is 0 Å². The molecule has 0 aliphatic rings. The van der Waals surface area contributed by atoms with Crippen LogP contribution in [0.3, 0.4) is 0 Å². The molecule has 0 heterocycles. The van der Waals surface area contributed by atoms with Gasteiger partial charge < -0.3 is 14.6 Å². The molecular weight excluding hydrogens is 801 g/mol. The number of ether oxygens (including phenoxy) is 2. The first-order valence-electron chi connectivity index (χ1n) is 29.7. The number of hydrogen-bond donors (Lipinski definition) is 1. The summed E-state index contributed by atoms with van der Waals surface area (Å²) in [5, 5.41) is 9.60. The average Bonchev–Trinajstić information content (AvgIpc) is 3.31. The average molecular weight is 918 g/mol. The molecular formula is C60H116O5. The third kappa shape index (κ3) is 55.1. The van der Waals surface area contributed by atoms with Gasteiger partial charge in [0.05, 0.1) is 6.61 Å². The van der Waals surface area contributed by atoms with E-state index in [0.29, 0.717) is 12.8 Å². The monoisotopic (exact) mass is 917 g/mol. The number of aliphatic hydroxyl groups is 1. The number of unbranched alkanes of at least 4 members (excludes halogenated alkanes) is 46. The van der Waals surface area contributed by atoms with E-state index in [1.807, 2.05) is 0 Å². The molecule has 65 heavy (non-hydrogen) atoms. The predicted molar refractivity (Wildman–Crippen MR) is 284 cm³/mol. The van der Waals surface area contributed by atoms with E-state index in [1.54, 1.807) is 0 Å². The minimum atomic E-state index is -0.763. The van der Waals surface area contributed by atoms with E-state index in [2.05, 4.69) is 26.0 Å². The van der Waals surface area contributed by atoms with Gasteiger partial charge in [0.25, 0.3) is 0 Å². The quantitative estimate of drug-likeness (QED) is 0.0374. The molecule has 386 valence electrons. The molecule has 0 aliphatic carbocycles. The summed E-state index contributed by atoms with van der Waals surface area (Å²) in [5.41, 5.74) is 0. The van der Waals surface area contributed by atoms with E-state index in [9.17, 15) is 14.7 Å². The molecule has 5 heteroatoms. The first kappa shape index (κ1) is 63.6. The van der Waals surface area contributed by atoms with Gasteiger partial charge in [-0.15, -0.1) is 0 Å². The van der Waals surface area contributed by atoms with Crippen molar-refractivity contribution in [1.29, 1.82) is 0 Å². The van der Waals surface area contributed by atoms with Gasteiger partial charge >= 0.3 is 11.9 Å². The zero-order chi connectivity index (χ0) is 47.0. The smallest absolute Gasteiger partial charge is 0.306 e. The van der Waals surface area contributed by atoms with Crippen molar-refractivity contribution in [1.82, 2.24) is 0 Å². The van der Waals surface area contributed by atoms with Gasteiger partial charge in [-0.3, -0.25) is 9.59 Å². The topological polar surface area (TPSA) is 72.8 Å². The van der Waals surface area contributed by atoms with Gasteiger partial charge in [-0.05, 0) is 38.5 Å². The van der Waals surface area contributed by atoms with Crippen molar-refractivity contribution in [2.75, 3.05) is 13.2 Å². The highest BCUT2D eigenvalue weighted by molar-refractivity contribution is 5.70. The molecule has 0 rings (SSSR count). The van der Waals surface area contributed by atoms with Crippen LogP contribution in [-0.2, 0) is 19.1 Å². The lowest BCUT2D eigenvalue weighted by atomic mass is 10.0. The summed E-state index contributed by atoms with van der Waals surface area (Å²) >= 11 is 0. The molecule has 1 atom stereocenters. The highest BCUT2D eigenvalue weighted by atomic mass is 16.6. The fourth-order valence-electron chi connectivity index (χ4n) is 9.32. The lowest BCUT2D eigenvalue weighted by Gasteiger charge is -2.15. The Morgan fingerprint density at radius 1 is 0.338 bits per heavy atom. The van der Waals surface area contributed by atoms with Gasteiger partial charge in [-0.1, -0.05) is 302 Å². The Labute approximate surface area is 407 Å². The highest BCUT2D eigenvalue weighted by Crippen LogP contribution is 2.18. The summed E-state index contributed by atoms with van der Waals surface area (Å²) in [6.45, 7) is 4.16. The summed E-state index contributed by atoms with van der Waals surface area (Å²) in [7, 11) is 0. The summed E-state index contributed by atoms with van der Waals surface area (Å²) in [4.78, 5) is 24.3. The molecule has 0 spiro atoms. The van der Waals surface area contributed by atoms with Crippen molar-refractivity contribution >= 4 is 11.9 Å². The van der Waals surface area contributed by atoms with Crippen LogP contribution in [0.2, 0.25) is 0 Å². The van der Waals surface area contributed by atoms with Crippen molar-refractivity contribution in [3.05, 3.63) is 12.2 Å². The van der Waals surface area contributed by atoms with Gasteiger partial charge in [-0.2, -0.15) is 0 Å². The Kier molecular flexibility index (Phi) is 55.8. The summed E-state index contributed by atoms with van der Waals surface area (Å²) < 4.78 is 10.6. The van der Waals surface area contributed by atoms with Gasteiger partial charge in [0.15, 0.2) is 6.10 Å². The van der Waals surface area contributed by atoms with E-state index in [1.165, 1.54) is 276 Å². The maximum absolute atomic E-state index is 12.2. The Morgan fingerprint density at radius 3 is 0.831 bits per heavy atom. The number of esters is 2. The van der Waals surface area contributed by atoms with E-state index in [0.717, 1.165) is 38.5 Å². The van der Waals surface area contributed by atoms with Crippen molar-refractivity contribution in [2.45, 2.75) is 347 Å². The minimum Gasteiger partial charge on any atom is -0.462 e. The number of hydrogen-bond acceptors (Lipinski definition) is 5. The number of carbonyl (C=O) groups excluding carboxylic acids is 2. The number of aliphatic hydroxyl groups excluding tert-OH is 1. The lowest BCUT2D eigenvalue weighted by Crippen LogP contribution is -2.28. The maximum Gasteiger partial charge on any atom is 0.306 e. The second-order valence-electron chi connectivity index (χ2n) is 20.4. The Hall–Kier alpha value is -1.36. The summed E-state index contributed by atoms with van der Waals surface area (Å²) in [6, 6.07) is 0. The Bertz CT molecular complexity index is 948. The molecule has 5 nitrogen and oxygen atoms in total. The van der Waals surface area contributed by atoms with Crippen LogP contribution in [-0.4, -0.2) is 36.4 Å². The van der Waals surface area contributed by atoms with Crippen LogP contribution in [0.15, 0.2) is 12.2 Å². The van der Waals surface area contributed by atoms with Crippen LogP contribution in [0.5, 0.6) is 0 Å². The third-order valence-corrected chi connectivity index (χ3v) is 13.8. The van der Waals surface area contributed by atoms with E-state index in [4.69, 9.17) is 9.47 Å². The van der Waals surface area contributed by atoms with Gasteiger partial charge in [-0.25, -0.2) is 0 Å². The largest absolute Gasteiger partial charge is 0.462 e. The van der Waals surface area contributed by atoms with Crippen LogP contribution in [0, 0.1) is 0 Å². The first-order chi connectivity index (χ1) is 32.1. The van der Waals surface area contributed by atoms with Gasteiger partial charge in [0.1, 0.15) is 6.61 Å². The number of carbonyl (C=O) groups is 2. The Morgan fingerprint density at radius 2 is 0.569 bits per heavy atom. The van der Waals surface area contributed by atoms with E-state index in [-0.39, 0.29) is 25.2 Å². The van der Waals surface area contributed by atoms with Crippen molar-refractivity contribution < 1.29 is 24.2 Å². The molecule has 0 bridgehead atoms. The van der Waals surface area contributed by atoms with Crippen molar-refractivity contribution in [3.8, 4) is 0 Å². The van der Waals surface area contributed by atoms with Crippen molar-refractivity contribution in [2.24, 2.45) is 0 Å². The second kappa shape index (κ2) is 57.0. The first-order valence-corrected chi connectivity index (χ1v) is 29.7. The van der Waals surface area contributed by atoms with Gasteiger partial charge in [0, 0.05) is 12.8 Å². The molecule has 0 aliphatic heterocycles. The molecule has 0 radical (unpaired) electrons. The minimum absolute atomic E-state index is 0.0577. The molecule has 0 saturated heterocycles.